The van der Waals surface area contributed by atoms with Crippen LogP contribution >= 0.6 is 0 Å². The first-order valence-electron chi connectivity index (χ1n) is 3.88. The number of nitrogens with zero attached hydrogens (tertiary/aromatic N) is 2. The molecule has 1 heterocycles. The molecule has 0 aromatic heterocycles. The van der Waals surface area contributed by atoms with Crippen LogP contribution in [0.4, 0.5) is 8.68 Å². The third-order valence-corrected chi connectivity index (χ3v) is 2.70. The molecule has 0 aromatic rings. The summed E-state index contributed by atoms with van der Waals surface area (Å²) < 4.78 is 33.5. The fourth-order valence-corrected chi connectivity index (χ4v) is 1.83. The largest absolute Gasteiger partial charge is 0.403 e. The van der Waals surface area contributed by atoms with E-state index in [4.69, 9.17) is 0 Å². The number of amides is 3. The third kappa shape index (κ3) is 2.00. The second kappa shape index (κ2) is 3.52. The highest BCUT2D eigenvalue weighted by atomic mass is 32.3. The number of imide groups is 1. The van der Waals surface area contributed by atoms with E-state index in [1.165, 1.54) is 0 Å². The Morgan fingerprint density at radius 2 is 2.00 bits per heavy atom. The fraction of sp³-hybridized carbons (Fsp3) is 0.667. The molecule has 6 nitrogen and oxygen atoms in total. The standard InChI is InChI=1S/C6H9FN2O4S/c1-5(10)8-3-2-4-9(6(8)11)14(7,12)13/h2-4H2,1H3. The van der Waals surface area contributed by atoms with Crippen molar-refractivity contribution >= 4 is 22.3 Å². The Morgan fingerprint density at radius 1 is 1.43 bits per heavy atom. The van der Waals surface area contributed by atoms with Crippen LogP contribution < -0.4 is 0 Å². The molecule has 1 fully saturated rings. The first-order chi connectivity index (χ1) is 6.34. The van der Waals surface area contributed by atoms with Crippen LogP contribution in [0.3, 0.4) is 0 Å². The summed E-state index contributed by atoms with van der Waals surface area (Å²) in [6.45, 7) is 1.02. The minimum Gasteiger partial charge on any atom is -0.275 e. The maximum atomic E-state index is 12.5. The normalized spacial score (nSPS) is 18.6. The quantitative estimate of drug-likeness (QED) is 0.582. The molecule has 1 aliphatic heterocycles. The summed E-state index contributed by atoms with van der Waals surface area (Å²) in [6.07, 6.45) is 0.245. The maximum absolute atomic E-state index is 12.5. The van der Waals surface area contributed by atoms with Crippen LogP contribution in [0.1, 0.15) is 13.3 Å². The number of halogens is 1. The zero-order valence-corrected chi connectivity index (χ0v) is 8.25. The van der Waals surface area contributed by atoms with E-state index in [2.05, 4.69) is 0 Å². The van der Waals surface area contributed by atoms with E-state index in [1.54, 1.807) is 0 Å². The van der Waals surface area contributed by atoms with Gasteiger partial charge in [0.2, 0.25) is 5.91 Å². The van der Waals surface area contributed by atoms with Gasteiger partial charge in [0, 0.05) is 20.0 Å². The molecule has 0 N–H and O–H groups in total. The van der Waals surface area contributed by atoms with Crippen molar-refractivity contribution in [2.24, 2.45) is 0 Å². The van der Waals surface area contributed by atoms with Crippen LogP contribution in [0.2, 0.25) is 0 Å². The number of carbonyl (C=O) groups excluding carboxylic acids is 2. The lowest BCUT2D eigenvalue weighted by Gasteiger charge is -2.30. The topological polar surface area (TPSA) is 74.8 Å². The average molecular weight is 224 g/mol. The van der Waals surface area contributed by atoms with Crippen molar-refractivity contribution in [3.05, 3.63) is 0 Å². The van der Waals surface area contributed by atoms with Gasteiger partial charge in [-0.2, -0.15) is 12.7 Å². The van der Waals surface area contributed by atoms with Crippen molar-refractivity contribution in [2.75, 3.05) is 13.1 Å². The summed E-state index contributed by atoms with van der Waals surface area (Å²) >= 11 is 0. The molecule has 1 saturated heterocycles. The van der Waals surface area contributed by atoms with Crippen molar-refractivity contribution in [1.82, 2.24) is 9.21 Å². The summed E-state index contributed by atoms with van der Waals surface area (Å²) in [5.74, 6) is -0.594. The van der Waals surface area contributed by atoms with Gasteiger partial charge in [-0.25, -0.2) is 4.79 Å². The molecule has 1 aliphatic rings. The molecule has 0 spiro atoms. The molecule has 0 radical (unpaired) electrons. The minimum absolute atomic E-state index is 0.0535. The maximum Gasteiger partial charge on any atom is 0.403 e. The third-order valence-electron chi connectivity index (χ3n) is 1.83. The molecule has 14 heavy (non-hydrogen) atoms. The van der Waals surface area contributed by atoms with Crippen LogP contribution in [-0.4, -0.2) is 42.7 Å². The molecule has 0 unspecified atom stereocenters. The van der Waals surface area contributed by atoms with Gasteiger partial charge in [-0.1, -0.05) is 3.89 Å². The summed E-state index contributed by atoms with van der Waals surface area (Å²) in [7, 11) is -5.05. The van der Waals surface area contributed by atoms with Crippen molar-refractivity contribution in [1.29, 1.82) is 0 Å². The second-order valence-corrected chi connectivity index (χ2v) is 4.09. The zero-order chi connectivity index (χ0) is 10.9. The van der Waals surface area contributed by atoms with Gasteiger partial charge in [0.1, 0.15) is 0 Å². The number of rotatable bonds is 1. The number of carbonyl (C=O) groups is 2. The minimum atomic E-state index is -5.05. The van der Waals surface area contributed by atoms with Gasteiger partial charge < -0.3 is 0 Å². The van der Waals surface area contributed by atoms with E-state index in [0.717, 1.165) is 6.92 Å². The first kappa shape index (κ1) is 10.9. The first-order valence-corrected chi connectivity index (χ1v) is 5.22. The van der Waals surface area contributed by atoms with E-state index in [-0.39, 0.29) is 23.8 Å². The highest BCUT2D eigenvalue weighted by Gasteiger charge is 2.35. The lowest BCUT2D eigenvalue weighted by Crippen LogP contribution is -2.52. The number of hydrogen-bond donors (Lipinski definition) is 0. The zero-order valence-electron chi connectivity index (χ0n) is 7.43. The van der Waals surface area contributed by atoms with Gasteiger partial charge in [0.05, 0.1) is 0 Å². The van der Waals surface area contributed by atoms with Gasteiger partial charge in [0.25, 0.3) is 0 Å². The fourth-order valence-electron chi connectivity index (χ4n) is 1.19. The van der Waals surface area contributed by atoms with Gasteiger partial charge in [-0.15, -0.1) is 0 Å². The number of hydrogen-bond acceptors (Lipinski definition) is 4. The Balaban J connectivity index is 2.93. The van der Waals surface area contributed by atoms with Crippen LogP contribution in [-0.2, 0) is 15.2 Å². The molecule has 80 valence electrons. The predicted octanol–water partition coefficient (Wildman–Crippen LogP) is -0.125. The van der Waals surface area contributed by atoms with Crippen molar-refractivity contribution in [3.63, 3.8) is 0 Å². The average Bonchev–Trinajstić information content (AvgIpc) is 2.01. The molecule has 0 atom stereocenters. The van der Waals surface area contributed by atoms with E-state index in [0.29, 0.717) is 4.90 Å². The molecular formula is C6H9FN2O4S. The molecule has 0 aromatic carbocycles. The van der Waals surface area contributed by atoms with Crippen LogP contribution in [0.5, 0.6) is 0 Å². The Morgan fingerprint density at radius 3 is 2.43 bits per heavy atom. The Labute approximate surface area is 80.6 Å². The lowest BCUT2D eigenvalue weighted by molar-refractivity contribution is -0.126. The predicted molar refractivity (Wildman–Crippen MR) is 44.1 cm³/mol. The molecular weight excluding hydrogens is 215 g/mol. The molecule has 0 saturated carbocycles. The summed E-state index contributed by atoms with van der Waals surface area (Å²) in [4.78, 5) is 22.8. The van der Waals surface area contributed by atoms with Gasteiger partial charge >= 0.3 is 16.4 Å². The summed E-state index contributed by atoms with van der Waals surface area (Å²) in [5, 5.41) is 0. The monoisotopic (exact) mass is 224 g/mol. The Hall–Kier alpha value is -1.18. The van der Waals surface area contributed by atoms with Crippen LogP contribution in [0, 0.1) is 0 Å². The second-order valence-electron chi connectivity index (χ2n) is 2.82. The Kier molecular flexibility index (Phi) is 2.74. The SMILES string of the molecule is CC(=O)N1CCCN(S(=O)(=O)F)C1=O. The van der Waals surface area contributed by atoms with Gasteiger partial charge in [-0.3, -0.25) is 9.69 Å². The van der Waals surface area contributed by atoms with Crippen molar-refractivity contribution in [2.45, 2.75) is 13.3 Å². The molecule has 1 rings (SSSR count). The van der Waals surface area contributed by atoms with Gasteiger partial charge in [-0.05, 0) is 6.42 Å². The highest BCUT2D eigenvalue weighted by molar-refractivity contribution is 7.84. The van der Waals surface area contributed by atoms with Crippen LogP contribution in [0.25, 0.3) is 0 Å². The van der Waals surface area contributed by atoms with E-state index < -0.39 is 22.3 Å². The smallest absolute Gasteiger partial charge is 0.275 e. The van der Waals surface area contributed by atoms with Gasteiger partial charge in [0.15, 0.2) is 0 Å². The number of urea groups is 1. The van der Waals surface area contributed by atoms with E-state index in [1.807, 2.05) is 0 Å². The summed E-state index contributed by atoms with van der Waals surface area (Å²) in [6, 6.07) is -1.12. The van der Waals surface area contributed by atoms with Crippen LogP contribution in [0.15, 0.2) is 0 Å². The molecule has 8 heteroatoms. The van der Waals surface area contributed by atoms with E-state index >= 15 is 0 Å². The van der Waals surface area contributed by atoms with Crippen molar-refractivity contribution in [3.8, 4) is 0 Å². The molecule has 0 bridgehead atoms. The molecule has 3 amide bonds. The van der Waals surface area contributed by atoms with Crippen molar-refractivity contribution < 1.29 is 21.9 Å². The summed E-state index contributed by atoms with van der Waals surface area (Å²) in [5.41, 5.74) is 0. The highest BCUT2D eigenvalue weighted by Crippen LogP contribution is 2.14. The Bertz CT molecular complexity index is 366. The lowest BCUT2D eigenvalue weighted by atomic mass is 10.3. The molecule has 0 aliphatic carbocycles. The van der Waals surface area contributed by atoms with E-state index in [9.17, 15) is 21.9 Å².